The molecule has 2 N–H and O–H groups in total. The molecule has 1 aromatic heterocycles. The SMILES string of the molecule is Cc1c(-c2ccccc2)cccc1-c1nnc(-c2ccc(CN(C)[C@@H](CO)C(=O)O)cc2)o1. The highest BCUT2D eigenvalue weighted by Crippen LogP contribution is 2.32. The Balaban J connectivity index is 1.54. The molecular weight excluding hydrogens is 418 g/mol. The Morgan fingerprint density at radius 2 is 1.58 bits per heavy atom. The summed E-state index contributed by atoms with van der Waals surface area (Å²) in [5.74, 6) is -0.189. The topological polar surface area (TPSA) is 99.7 Å². The van der Waals surface area contributed by atoms with Crippen LogP contribution in [0.5, 0.6) is 0 Å². The lowest BCUT2D eigenvalue weighted by atomic mass is 9.96. The third-order valence-electron chi connectivity index (χ3n) is 5.70. The number of hydrogen-bond donors (Lipinski definition) is 2. The van der Waals surface area contributed by atoms with Crippen molar-refractivity contribution in [1.29, 1.82) is 0 Å². The van der Waals surface area contributed by atoms with Crippen molar-refractivity contribution in [2.45, 2.75) is 19.5 Å². The summed E-state index contributed by atoms with van der Waals surface area (Å²) < 4.78 is 5.99. The summed E-state index contributed by atoms with van der Waals surface area (Å²) in [5.41, 5.74) is 5.87. The van der Waals surface area contributed by atoms with E-state index in [4.69, 9.17) is 4.42 Å². The zero-order valence-electron chi connectivity index (χ0n) is 18.5. The minimum absolute atomic E-state index is 0.387. The molecule has 0 unspecified atom stereocenters. The smallest absolute Gasteiger partial charge is 0.323 e. The molecule has 0 aliphatic heterocycles. The Labute approximate surface area is 192 Å². The summed E-state index contributed by atoms with van der Waals surface area (Å²) in [6.07, 6.45) is 0. The third-order valence-corrected chi connectivity index (χ3v) is 5.70. The first-order valence-corrected chi connectivity index (χ1v) is 10.6. The predicted octanol–water partition coefficient (Wildman–Crippen LogP) is 4.26. The molecule has 1 heterocycles. The summed E-state index contributed by atoms with van der Waals surface area (Å²) >= 11 is 0. The van der Waals surface area contributed by atoms with Crippen molar-refractivity contribution in [2.75, 3.05) is 13.7 Å². The second kappa shape index (κ2) is 9.77. The van der Waals surface area contributed by atoms with Gasteiger partial charge in [0, 0.05) is 17.7 Å². The zero-order valence-corrected chi connectivity index (χ0v) is 18.5. The summed E-state index contributed by atoms with van der Waals surface area (Å²) in [6, 6.07) is 22.7. The molecule has 4 aromatic rings. The highest BCUT2D eigenvalue weighted by atomic mass is 16.4. The molecule has 0 saturated heterocycles. The van der Waals surface area contributed by atoms with Gasteiger partial charge in [0.05, 0.1) is 6.61 Å². The molecule has 1 atom stereocenters. The average molecular weight is 444 g/mol. The predicted molar refractivity (Wildman–Crippen MR) is 125 cm³/mol. The third kappa shape index (κ3) is 4.84. The van der Waals surface area contributed by atoms with Gasteiger partial charge in [-0.3, -0.25) is 9.69 Å². The van der Waals surface area contributed by atoms with E-state index in [2.05, 4.69) is 28.4 Å². The Morgan fingerprint density at radius 3 is 2.24 bits per heavy atom. The second-order valence-corrected chi connectivity index (χ2v) is 7.91. The van der Waals surface area contributed by atoms with Gasteiger partial charge >= 0.3 is 5.97 Å². The summed E-state index contributed by atoms with van der Waals surface area (Å²) in [5, 5.41) is 27.0. The van der Waals surface area contributed by atoms with Crippen molar-refractivity contribution in [3.8, 4) is 34.0 Å². The average Bonchev–Trinajstić information content (AvgIpc) is 3.30. The molecule has 33 heavy (non-hydrogen) atoms. The summed E-state index contributed by atoms with van der Waals surface area (Å²) in [4.78, 5) is 12.8. The minimum atomic E-state index is -1.05. The Kier molecular flexibility index (Phi) is 6.63. The van der Waals surface area contributed by atoms with E-state index in [1.54, 1.807) is 11.9 Å². The first-order valence-electron chi connectivity index (χ1n) is 10.6. The molecule has 0 bridgehead atoms. The van der Waals surface area contributed by atoms with Crippen LogP contribution in [0.25, 0.3) is 34.0 Å². The fourth-order valence-corrected chi connectivity index (χ4v) is 3.80. The van der Waals surface area contributed by atoms with E-state index in [0.717, 1.165) is 33.4 Å². The van der Waals surface area contributed by atoms with E-state index in [0.29, 0.717) is 18.3 Å². The maximum atomic E-state index is 11.2. The quantitative estimate of drug-likeness (QED) is 0.420. The van der Waals surface area contributed by atoms with Crippen molar-refractivity contribution in [3.63, 3.8) is 0 Å². The van der Waals surface area contributed by atoms with Gasteiger partial charge in [0.25, 0.3) is 0 Å². The van der Waals surface area contributed by atoms with Crippen LogP contribution in [0.3, 0.4) is 0 Å². The molecule has 0 fully saturated rings. The number of aliphatic carboxylic acids is 1. The summed E-state index contributed by atoms with van der Waals surface area (Å²) in [6.45, 7) is 1.99. The Morgan fingerprint density at radius 1 is 0.909 bits per heavy atom. The number of nitrogens with zero attached hydrogens (tertiary/aromatic N) is 3. The first-order chi connectivity index (χ1) is 16.0. The maximum absolute atomic E-state index is 11.2. The number of likely N-dealkylation sites (N-methyl/N-ethyl adjacent to an activating group) is 1. The highest BCUT2D eigenvalue weighted by Gasteiger charge is 2.21. The van der Waals surface area contributed by atoms with Gasteiger partial charge in [-0.15, -0.1) is 10.2 Å². The van der Waals surface area contributed by atoms with Crippen LogP contribution in [0.2, 0.25) is 0 Å². The lowest BCUT2D eigenvalue weighted by Gasteiger charge is -2.22. The maximum Gasteiger partial charge on any atom is 0.323 e. The Bertz CT molecular complexity index is 1240. The highest BCUT2D eigenvalue weighted by molar-refractivity contribution is 5.75. The molecular formula is C26H25N3O4. The number of carboxylic acids is 1. The van der Waals surface area contributed by atoms with E-state index in [9.17, 15) is 15.0 Å². The molecule has 0 spiro atoms. The fourth-order valence-electron chi connectivity index (χ4n) is 3.80. The number of aliphatic hydroxyl groups excluding tert-OH is 1. The van der Waals surface area contributed by atoms with Crippen molar-refractivity contribution in [2.24, 2.45) is 0 Å². The molecule has 0 aliphatic rings. The molecule has 4 rings (SSSR count). The number of benzene rings is 3. The van der Waals surface area contributed by atoms with Gasteiger partial charge in [-0.25, -0.2) is 0 Å². The number of hydrogen-bond acceptors (Lipinski definition) is 6. The molecule has 3 aromatic carbocycles. The van der Waals surface area contributed by atoms with E-state index < -0.39 is 18.6 Å². The van der Waals surface area contributed by atoms with E-state index in [1.165, 1.54) is 0 Å². The van der Waals surface area contributed by atoms with Crippen LogP contribution in [-0.4, -0.2) is 51.0 Å². The molecule has 7 heteroatoms. The molecule has 168 valence electrons. The standard InChI is InChI=1S/C26H25N3O4/c1-17-21(19-7-4-3-5-8-19)9-6-10-22(17)25-28-27-24(33-25)20-13-11-18(12-14-20)15-29(2)23(16-30)26(31)32/h3-14,23,30H,15-16H2,1-2H3,(H,31,32)/t23-/m0/s1. The van der Waals surface area contributed by atoms with Gasteiger partial charge in [0.2, 0.25) is 11.8 Å². The lowest BCUT2D eigenvalue weighted by molar-refractivity contribution is -0.144. The van der Waals surface area contributed by atoms with Crippen LogP contribution in [0.1, 0.15) is 11.1 Å². The van der Waals surface area contributed by atoms with Crippen molar-refractivity contribution < 1.29 is 19.4 Å². The molecule has 0 radical (unpaired) electrons. The van der Waals surface area contributed by atoms with Gasteiger partial charge in [0.1, 0.15) is 6.04 Å². The second-order valence-electron chi connectivity index (χ2n) is 7.91. The van der Waals surface area contributed by atoms with Crippen molar-refractivity contribution >= 4 is 5.97 Å². The van der Waals surface area contributed by atoms with Gasteiger partial charge in [-0.2, -0.15) is 0 Å². The number of aromatic nitrogens is 2. The van der Waals surface area contributed by atoms with Gasteiger partial charge in [-0.05, 0) is 54.4 Å². The van der Waals surface area contributed by atoms with Crippen LogP contribution in [-0.2, 0) is 11.3 Å². The van der Waals surface area contributed by atoms with Crippen LogP contribution in [0.4, 0.5) is 0 Å². The minimum Gasteiger partial charge on any atom is -0.480 e. The normalized spacial score (nSPS) is 12.1. The number of rotatable bonds is 8. The van der Waals surface area contributed by atoms with Crippen LogP contribution >= 0.6 is 0 Å². The zero-order chi connectivity index (χ0) is 23.4. The van der Waals surface area contributed by atoms with Crippen molar-refractivity contribution in [1.82, 2.24) is 15.1 Å². The van der Waals surface area contributed by atoms with Crippen molar-refractivity contribution in [3.05, 3.63) is 83.9 Å². The van der Waals surface area contributed by atoms with Gasteiger partial charge < -0.3 is 14.6 Å². The van der Waals surface area contributed by atoms with Crippen LogP contribution in [0, 0.1) is 6.92 Å². The lowest BCUT2D eigenvalue weighted by Crippen LogP contribution is -2.40. The Hall–Kier alpha value is -3.81. The largest absolute Gasteiger partial charge is 0.480 e. The van der Waals surface area contributed by atoms with Crippen LogP contribution in [0.15, 0.2) is 77.2 Å². The molecule has 7 nitrogen and oxygen atoms in total. The van der Waals surface area contributed by atoms with E-state index in [1.807, 2.05) is 61.5 Å². The fraction of sp³-hybridized carbons (Fsp3) is 0.192. The molecule has 0 aliphatic carbocycles. The number of aliphatic hydroxyl groups is 1. The first kappa shape index (κ1) is 22.4. The van der Waals surface area contributed by atoms with Crippen LogP contribution < -0.4 is 0 Å². The number of carbonyl (C=O) groups is 1. The monoisotopic (exact) mass is 443 g/mol. The number of carboxylic acid groups (broad SMARTS) is 1. The molecule has 0 amide bonds. The molecule has 0 saturated carbocycles. The van der Waals surface area contributed by atoms with Gasteiger partial charge in [0.15, 0.2) is 0 Å². The van der Waals surface area contributed by atoms with E-state index in [-0.39, 0.29) is 0 Å². The summed E-state index contributed by atoms with van der Waals surface area (Å²) in [7, 11) is 1.67. The van der Waals surface area contributed by atoms with E-state index >= 15 is 0 Å². The van der Waals surface area contributed by atoms with Gasteiger partial charge in [-0.1, -0.05) is 54.6 Å².